The average Bonchev–Trinajstić information content (AvgIpc) is 2.27. The van der Waals surface area contributed by atoms with Crippen LogP contribution in [0.1, 0.15) is 24.3 Å². The lowest BCUT2D eigenvalue weighted by atomic mass is 10.1. The number of pyridine rings is 1. The van der Waals surface area contributed by atoms with E-state index in [0.29, 0.717) is 11.3 Å². The lowest BCUT2D eigenvalue weighted by Gasteiger charge is -2.16. The molecule has 1 aromatic heterocycles. The summed E-state index contributed by atoms with van der Waals surface area (Å²) < 4.78 is 4.61. The van der Waals surface area contributed by atoms with Crippen molar-refractivity contribution in [2.75, 3.05) is 6.61 Å². The van der Waals surface area contributed by atoms with Crippen LogP contribution in [0.15, 0.2) is 18.3 Å². The molecule has 1 aromatic rings. The van der Waals surface area contributed by atoms with E-state index in [9.17, 15) is 15.0 Å². The van der Waals surface area contributed by atoms with Crippen molar-refractivity contribution in [3.63, 3.8) is 0 Å². The van der Waals surface area contributed by atoms with Gasteiger partial charge in [0, 0.05) is 11.9 Å². The van der Waals surface area contributed by atoms with Crippen molar-refractivity contribution in [1.29, 1.82) is 0 Å². The Bertz CT molecular complexity index is 367. The predicted octanol–water partition coefficient (Wildman–Crippen LogP) is 0.347. The minimum Gasteiger partial charge on any atom is -0.464 e. The second-order valence-electron chi connectivity index (χ2n) is 3.37. The van der Waals surface area contributed by atoms with Gasteiger partial charge in [-0.25, -0.2) is 4.79 Å². The van der Waals surface area contributed by atoms with Gasteiger partial charge in [0.05, 0.1) is 6.61 Å². The van der Waals surface area contributed by atoms with Crippen molar-refractivity contribution >= 4 is 5.97 Å². The van der Waals surface area contributed by atoms with Gasteiger partial charge >= 0.3 is 5.97 Å². The summed E-state index contributed by atoms with van der Waals surface area (Å²) in [7, 11) is 0. The maximum Gasteiger partial charge on any atom is 0.338 e. The third-order valence-electron chi connectivity index (χ3n) is 2.09. The van der Waals surface area contributed by atoms with Gasteiger partial charge in [-0.3, -0.25) is 4.98 Å². The molecule has 0 fully saturated rings. The Morgan fingerprint density at radius 2 is 2.25 bits per heavy atom. The molecule has 0 aromatic carbocycles. The van der Waals surface area contributed by atoms with Crippen molar-refractivity contribution < 1.29 is 19.7 Å². The van der Waals surface area contributed by atoms with Gasteiger partial charge in [-0.1, -0.05) is 0 Å². The fourth-order valence-corrected chi connectivity index (χ4v) is 1.29. The maximum absolute atomic E-state index is 11.2. The molecule has 0 bridgehead atoms. The third-order valence-corrected chi connectivity index (χ3v) is 2.09. The van der Waals surface area contributed by atoms with Crippen molar-refractivity contribution in [2.24, 2.45) is 0 Å². The maximum atomic E-state index is 11.2. The van der Waals surface area contributed by atoms with Gasteiger partial charge in [0.2, 0.25) is 0 Å². The highest BCUT2D eigenvalue weighted by molar-refractivity contribution is 5.75. The Kier molecular flexibility index (Phi) is 4.39. The van der Waals surface area contributed by atoms with E-state index in [2.05, 4.69) is 9.72 Å². The number of hydrogen-bond acceptors (Lipinski definition) is 5. The molecule has 2 atom stereocenters. The fourth-order valence-electron chi connectivity index (χ4n) is 1.29. The van der Waals surface area contributed by atoms with Crippen LogP contribution in [0.3, 0.4) is 0 Å². The van der Waals surface area contributed by atoms with E-state index in [1.165, 1.54) is 6.20 Å². The molecule has 0 aliphatic heterocycles. The molecule has 0 aliphatic rings. The minimum atomic E-state index is -1.57. The van der Waals surface area contributed by atoms with Crippen LogP contribution in [0.25, 0.3) is 0 Å². The molecule has 16 heavy (non-hydrogen) atoms. The Labute approximate surface area is 93.7 Å². The zero-order valence-electron chi connectivity index (χ0n) is 9.25. The summed E-state index contributed by atoms with van der Waals surface area (Å²) in [6, 6.07) is 3.15. The summed E-state index contributed by atoms with van der Waals surface area (Å²) in [5, 5.41) is 19.2. The molecule has 2 unspecified atom stereocenters. The summed E-state index contributed by atoms with van der Waals surface area (Å²) in [6.07, 6.45) is -1.35. The molecule has 1 heterocycles. The lowest BCUT2D eigenvalue weighted by Crippen LogP contribution is -2.29. The van der Waals surface area contributed by atoms with Crippen LogP contribution in [0.2, 0.25) is 0 Å². The number of carbonyl (C=O) groups is 1. The monoisotopic (exact) mass is 225 g/mol. The molecule has 0 saturated heterocycles. The highest BCUT2D eigenvalue weighted by Crippen LogP contribution is 2.17. The molecule has 5 heteroatoms. The molecule has 0 saturated carbocycles. The number of hydrogen-bond donors (Lipinski definition) is 2. The number of aliphatic hydroxyl groups is 2. The smallest absolute Gasteiger partial charge is 0.338 e. The van der Waals surface area contributed by atoms with E-state index in [1.54, 1.807) is 26.0 Å². The van der Waals surface area contributed by atoms with Crippen LogP contribution in [0, 0.1) is 6.92 Å². The summed E-state index contributed by atoms with van der Waals surface area (Å²) in [5.74, 6) is -0.829. The van der Waals surface area contributed by atoms with Gasteiger partial charge in [0.1, 0.15) is 6.10 Å². The Balaban J connectivity index is 2.77. The van der Waals surface area contributed by atoms with E-state index < -0.39 is 18.2 Å². The summed E-state index contributed by atoms with van der Waals surface area (Å²) in [6.45, 7) is 3.55. The fraction of sp³-hybridized carbons (Fsp3) is 0.455. The number of ether oxygens (including phenoxy) is 1. The zero-order chi connectivity index (χ0) is 12.1. The van der Waals surface area contributed by atoms with Gasteiger partial charge in [-0.05, 0) is 31.5 Å². The zero-order valence-corrected chi connectivity index (χ0v) is 9.25. The number of aliphatic hydroxyl groups excluding tert-OH is 2. The average molecular weight is 225 g/mol. The second-order valence-corrected chi connectivity index (χ2v) is 3.37. The molecule has 1 rings (SSSR count). The van der Waals surface area contributed by atoms with Crippen LogP contribution in [-0.2, 0) is 9.53 Å². The Hall–Kier alpha value is -1.46. The first-order chi connectivity index (χ1) is 7.56. The van der Waals surface area contributed by atoms with Crippen LogP contribution >= 0.6 is 0 Å². The number of carbonyl (C=O) groups excluding carboxylic acids is 1. The molecule has 0 aliphatic carbocycles. The summed E-state index contributed by atoms with van der Waals surface area (Å²) in [5.41, 5.74) is 1.14. The Morgan fingerprint density at radius 3 is 2.81 bits per heavy atom. The molecular weight excluding hydrogens is 210 g/mol. The minimum absolute atomic E-state index is 0.165. The first kappa shape index (κ1) is 12.6. The van der Waals surface area contributed by atoms with E-state index in [1.807, 2.05) is 0 Å². The molecule has 5 nitrogen and oxygen atoms in total. The highest BCUT2D eigenvalue weighted by Gasteiger charge is 2.26. The van der Waals surface area contributed by atoms with Crippen LogP contribution in [0.5, 0.6) is 0 Å². The molecule has 0 amide bonds. The van der Waals surface area contributed by atoms with Crippen molar-refractivity contribution in [3.8, 4) is 0 Å². The first-order valence-electron chi connectivity index (χ1n) is 5.01. The molecule has 0 radical (unpaired) electrons. The van der Waals surface area contributed by atoms with Gasteiger partial charge in [-0.15, -0.1) is 0 Å². The van der Waals surface area contributed by atoms with Crippen molar-refractivity contribution in [2.45, 2.75) is 26.1 Å². The van der Waals surface area contributed by atoms with E-state index in [4.69, 9.17) is 0 Å². The SMILES string of the molecule is CCOC(=O)C(O)C(O)c1ccnc(C)c1. The summed E-state index contributed by atoms with van der Waals surface area (Å²) in [4.78, 5) is 15.1. The van der Waals surface area contributed by atoms with E-state index in [0.717, 1.165) is 0 Å². The van der Waals surface area contributed by atoms with Crippen LogP contribution in [-0.4, -0.2) is 33.9 Å². The van der Waals surface area contributed by atoms with Gasteiger partial charge in [0.25, 0.3) is 0 Å². The van der Waals surface area contributed by atoms with Gasteiger partial charge in [-0.2, -0.15) is 0 Å². The van der Waals surface area contributed by atoms with Crippen molar-refractivity contribution in [1.82, 2.24) is 4.98 Å². The number of aryl methyl sites for hydroxylation is 1. The Morgan fingerprint density at radius 1 is 1.56 bits per heavy atom. The van der Waals surface area contributed by atoms with Crippen LogP contribution in [0.4, 0.5) is 0 Å². The second kappa shape index (κ2) is 5.58. The normalized spacial score (nSPS) is 14.2. The molecule has 0 spiro atoms. The lowest BCUT2D eigenvalue weighted by molar-refractivity contribution is -0.159. The largest absolute Gasteiger partial charge is 0.464 e. The van der Waals surface area contributed by atoms with Crippen LogP contribution < -0.4 is 0 Å². The first-order valence-corrected chi connectivity index (χ1v) is 5.01. The van der Waals surface area contributed by atoms with E-state index >= 15 is 0 Å². The quantitative estimate of drug-likeness (QED) is 0.723. The molecule has 2 N–H and O–H groups in total. The standard InChI is InChI=1S/C11H15NO4/c1-3-16-11(15)10(14)9(13)8-4-5-12-7(2)6-8/h4-6,9-10,13-14H,3H2,1-2H3. The molecule has 88 valence electrons. The van der Waals surface area contributed by atoms with Gasteiger partial charge < -0.3 is 14.9 Å². The highest BCUT2D eigenvalue weighted by atomic mass is 16.5. The predicted molar refractivity (Wildman–Crippen MR) is 56.6 cm³/mol. The van der Waals surface area contributed by atoms with Gasteiger partial charge in [0.15, 0.2) is 6.10 Å². The molecular formula is C11H15NO4. The topological polar surface area (TPSA) is 79.7 Å². The number of aromatic nitrogens is 1. The number of rotatable bonds is 4. The summed E-state index contributed by atoms with van der Waals surface area (Å²) >= 11 is 0. The van der Waals surface area contributed by atoms with E-state index in [-0.39, 0.29) is 6.61 Å². The van der Waals surface area contributed by atoms with Crippen molar-refractivity contribution in [3.05, 3.63) is 29.6 Å². The number of nitrogens with zero attached hydrogens (tertiary/aromatic N) is 1. The third kappa shape index (κ3) is 3.01. The number of esters is 1.